The first kappa shape index (κ1) is 18.2. The van der Waals surface area contributed by atoms with Crippen molar-refractivity contribution in [1.29, 1.82) is 0 Å². The van der Waals surface area contributed by atoms with E-state index in [0.717, 1.165) is 5.56 Å². The summed E-state index contributed by atoms with van der Waals surface area (Å²) in [5, 5.41) is 11.8. The van der Waals surface area contributed by atoms with Crippen LogP contribution >= 0.6 is 0 Å². The Morgan fingerprint density at radius 2 is 1.92 bits per heavy atom. The highest BCUT2D eigenvalue weighted by Gasteiger charge is 2.35. The van der Waals surface area contributed by atoms with Gasteiger partial charge in [-0.25, -0.2) is 9.18 Å². The van der Waals surface area contributed by atoms with E-state index in [4.69, 9.17) is 5.11 Å². The van der Waals surface area contributed by atoms with Crippen LogP contribution in [-0.2, 0) is 16.1 Å². The number of benzene rings is 1. The number of aliphatic carboxylic acids is 1. The molecule has 3 amide bonds. The van der Waals surface area contributed by atoms with Gasteiger partial charge in [0.2, 0.25) is 5.91 Å². The molecule has 26 heavy (non-hydrogen) atoms. The zero-order valence-electron chi connectivity index (χ0n) is 14.4. The average molecular weight is 363 g/mol. The highest BCUT2D eigenvalue weighted by molar-refractivity contribution is 5.88. The second-order valence-electron chi connectivity index (χ2n) is 6.80. The average Bonchev–Trinajstić information content (AvgIpc) is 2.97. The molecule has 2 aliphatic rings. The van der Waals surface area contributed by atoms with Crippen LogP contribution in [0, 0.1) is 11.7 Å². The molecule has 2 fully saturated rings. The van der Waals surface area contributed by atoms with Gasteiger partial charge in [-0.1, -0.05) is 12.1 Å². The predicted octanol–water partition coefficient (Wildman–Crippen LogP) is 1.43. The van der Waals surface area contributed by atoms with Crippen molar-refractivity contribution in [1.82, 2.24) is 15.1 Å². The number of likely N-dealkylation sites (tertiary alicyclic amines) is 2. The van der Waals surface area contributed by atoms with Crippen LogP contribution in [0.1, 0.15) is 24.8 Å². The number of hydrogen-bond donors (Lipinski definition) is 2. The van der Waals surface area contributed by atoms with Gasteiger partial charge >= 0.3 is 12.0 Å². The van der Waals surface area contributed by atoms with Gasteiger partial charge in [-0.05, 0) is 37.0 Å². The Balaban J connectivity index is 1.54. The normalized spacial score (nSPS) is 23.2. The van der Waals surface area contributed by atoms with Gasteiger partial charge in [0.1, 0.15) is 11.9 Å². The monoisotopic (exact) mass is 363 g/mol. The first-order chi connectivity index (χ1) is 12.4. The van der Waals surface area contributed by atoms with Crippen LogP contribution < -0.4 is 5.32 Å². The first-order valence-corrected chi connectivity index (χ1v) is 8.75. The summed E-state index contributed by atoms with van der Waals surface area (Å²) in [6, 6.07) is 4.98. The Labute approximate surface area is 150 Å². The van der Waals surface area contributed by atoms with E-state index in [1.807, 2.05) is 0 Å². The molecule has 2 atom stereocenters. The van der Waals surface area contributed by atoms with Gasteiger partial charge in [0.15, 0.2) is 0 Å². The number of carbonyl (C=O) groups excluding carboxylic acids is 2. The van der Waals surface area contributed by atoms with Crippen molar-refractivity contribution in [2.24, 2.45) is 5.92 Å². The third kappa shape index (κ3) is 4.12. The molecule has 2 saturated heterocycles. The number of carbonyl (C=O) groups is 3. The maximum absolute atomic E-state index is 13.0. The molecule has 1 aromatic carbocycles. The molecule has 0 bridgehead atoms. The molecule has 140 valence electrons. The number of amides is 3. The van der Waals surface area contributed by atoms with Gasteiger partial charge in [-0.15, -0.1) is 0 Å². The summed E-state index contributed by atoms with van der Waals surface area (Å²) in [5.41, 5.74) is 0.826. The first-order valence-electron chi connectivity index (χ1n) is 8.75. The van der Waals surface area contributed by atoms with E-state index in [2.05, 4.69) is 5.32 Å². The summed E-state index contributed by atoms with van der Waals surface area (Å²) in [4.78, 5) is 39.1. The molecule has 1 aromatic rings. The van der Waals surface area contributed by atoms with Crippen molar-refractivity contribution in [2.45, 2.75) is 31.8 Å². The number of nitrogens with zero attached hydrogens (tertiary/aromatic N) is 2. The van der Waals surface area contributed by atoms with E-state index in [-0.39, 0.29) is 18.3 Å². The van der Waals surface area contributed by atoms with Gasteiger partial charge in [0.25, 0.3) is 0 Å². The fraction of sp³-hybridized carbons (Fsp3) is 0.500. The lowest BCUT2D eigenvalue weighted by molar-refractivity contribution is -0.143. The third-order valence-corrected chi connectivity index (χ3v) is 4.94. The number of urea groups is 1. The number of carboxylic acid groups (broad SMARTS) is 1. The molecule has 7 nitrogen and oxygen atoms in total. The van der Waals surface area contributed by atoms with Crippen molar-refractivity contribution in [3.63, 3.8) is 0 Å². The fourth-order valence-corrected chi connectivity index (χ4v) is 3.44. The number of rotatable bonds is 4. The minimum absolute atomic E-state index is 0.168. The van der Waals surface area contributed by atoms with Gasteiger partial charge in [-0.3, -0.25) is 9.59 Å². The van der Waals surface area contributed by atoms with E-state index < -0.39 is 24.0 Å². The molecule has 3 rings (SSSR count). The zero-order chi connectivity index (χ0) is 18.7. The van der Waals surface area contributed by atoms with Crippen molar-refractivity contribution in [3.05, 3.63) is 35.6 Å². The van der Waals surface area contributed by atoms with E-state index in [9.17, 15) is 18.8 Å². The van der Waals surface area contributed by atoms with Crippen LogP contribution in [-0.4, -0.2) is 58.5 Å². The summed E-state index contributed by atoms with van der Waals surface area (Å²) < 4.78 is 13.0. The number of hydrogen-bond acceptors (Lipinski definition) is 3. The number of piperidine rings is 1. The molecule has 0 radical (unpaired) electrons. The van der Waals surface area contributed by atoms with Crippen LogP contribution in [0.5, 0.6) is 0 Å². The molecular formula is C18H22FN3O4. The molecule has 2 unspecified atom stereocenters. The SMILES string of the molecule is O=C(O)C1CCCN(C(=O)NC2CCN(Cc3ccc(F)cc3)C2=O)C1. The standard InChI is InChI=1S/C18H22FN3O4/c19-14-5-3-12(4-6-14)10-21-9-7-15(16(21)23)20-18(26)22-8-1-2-13(11-22)17(24)25/h3-6,13,15H,1-2,7-11H2,(H,20,26)(H,24,25). The maximum Gasteiger partial charge on any atom is 0.318 e. The Kier molecular flexibility index (Phi) is 5.39. The summed E-state index contributed by atoms with van der Waals surface area (Å²) in [5.74, 6) is -1.95. The van der Waals surface area contributed by atoms with Gasteiger partial charge < -0.3 is 20.2 Å². The lowest BCUT2D eigenvalue weighted by Gasteiger charge is -2.31. The molecule has 0 saturated carbocycles. The fourth-order valence-electron chi connectivity index (χ4n) is 3.44. The maximum atomic E-state index is 13.0. The number of carboxylic acids is 1. The Bertz CT molecular complexity index is 694. The summed E-state index contributed by atoms with van der Waals surface area (Å²) >= 11 is 0. The summed E-state index contributed by atoms with van der Waals surface area (Å²) in [6.07, 6.45) is 1.70. The molecule has 0 spiro atoms. The Morgan fingerprint density at radius 3 is 2.62 bits per heavy atom. The van der Waals surface area contributed by atoms with Gasteiger partial charge in [0.05, 0.1) is 5.92 Å². The van der Waals surface area contributed by atoms with Crippen LogP contribution in [0.2, 0.25) is 0 Å². The highest BCUT2D eigenvalue weighted by atomic mass is 19.1. The lowest BCUT2D eigenvalue weighted by Crippen LogP contribution is -2.51. The largest absolute Gasteiger partial charge is 0.481 e. The smallest absolute Gasteiger partial charge is 0.318 e. The van der Waals surface area contributed by atoms with Crippen molar-refractivity contribution < 1.29 is 23.9 Å². The van der Waals surface area contributed by atoms with E-state index in [0.29, 0.717) is 38.9 Å². The van der Waals surface area contributed by atoms with Crippen LogP contribution in [0.3, 0.4) is 0 Å². The summed E-state index contributed by atoms with van der Waals surface area (Å²) in [7, 11) is 0. The third-order valence-electron chi connectivity index (χ3n) is 4.94. The minimum atomic E-state index is -0.898. The van der Waals surface area contributed by atoms with E-state index in [1.165, 1.54) is 17.0 Å². The minimum Gasteiger partial charge on any atom is -0.481 e. The highest BCUT2D eigenvalue weighted by Crippen LogP contribution is 2.19. The number of nitrogens with one attached hydrogen (secondary N) is 1. The Morgan fingerprint density at radius 1 is 1.19 bits per heavy atom. The molecule has 2 heterocycles. The van der Waals surface area contributed by atoms with Crippen LogP contribution in [0.25, 0.3) is 0 Å². The molecule has 2 N–H and O–H groups in total. The second-order valence-corrected chi connectivity index (χ2v) is 6.80. The van der Waals surface area contributed by atoms with Crippen molar-refractivity contribution in [2.75, 3.05) is 19.6 Å². The van der Waals surface area contributed by atoms with Gasteiger partial charge in [0, 0.05) is 26.2 Å². The van der Waals surface area contributed by atoms with E-state index >= 15 is 0 Å². The molecular weight excluding hydrogens is 341 g/mol. The zero-order valence-corrected chi connectivity index (χ0v) is 14.4. The molecule has 2 aliphatic heterocycles. The van der Waals surface area contributed by atoms with Gasteiger partial charge in [-0.2, -0.15) is 0 Å². The Hall–Kier alpha value is -2.64. The molecule has 0 aromatic heterocycles. The number of halogens is 1. The molecule has 8 heteroatoms. The van der Waals surface area contributed by atoms with E-state index in [1.54, 1.807) is 17.0 Å². The quantitative estimate of drug-likeness (QED) is 0.847. The van der Waals surface area contributed by atoms with Crippen LogP contribution in [0.15, 0.2) is 24.3 Å². The van der Waals surface area contributed by atoms with Crippen molar-refractivity contribution in [3.8, 4) is 0 Å². The molecule has 0 aliphatic carbocycles. The van der Waals surface area contributed by atoms with Crippen LogP contribution in [0.4, 0.5) is 9.18 Å². The second kappa shape index (κ2) is 7.72. The lowest BCUT2D eigenvalue weighted by atomic mass is 9.99. The summed E-state index contributed by atoms with van der Waals surface area (Å²) in [6.45, 7) is 1.55. The van der Waals surface area contributed by atoms with Crippen molar-refractivity contribution >= 4 is 17.9 Å². The topological polar surface area (TPSA) is 89.9 Å². The predicted molar refractivity (Wildman–Crippen MR) is 90.7 cm³/mol.